The second-order valence-corrected chi connectivity index (χ2v) is 9.49. The van der Waals surface area contributed by atoms with Crippen molar-refractivity contribution >= 4 is 11.8 Å². The molecule has 3 aliphatic carbocycles. The smallest absolute Gasteiger partial charge is 0.309 e. The number of carbonyl (C=O) groups excluding carboxylic acids is 2. The number of ether oxygens (including phenoxy) is 2. The molecule has 7 nitrogen and oxygen atoms in total. The van der Waals surface area contributed by atoms with Crippen molar-refractivity contribution < 1.29 is 34.4 Å². The molecule has 0 aromatic carbocycles. The van der Waals surface area contributed by atoms with Gasteiger partial charge < -0.3 is 24.8 Å². The molecule has 152 valence electrons. The van der Waals surface area contributed by atoms with Crippen molar-refractivity contribution in [3.05, 3.63) is 0 Å². The van der Waals surface area contributed by atoms with Crippen molar-refractivity contribution in [3.63, 3.8) is 0 Å². The first-order valence-electron chi connectivity index (χ1n) is 9.88. The summed E-state index contributed by atoms with van der Waals surface area (Å²) in [6.45, 7) is 5.41. The van der Waals surface area contributed by atoms with Gasteiger partial charge in [0.1, 0.15) is 12.2 Å². The lowest BCUT2D eigenvalue weighted by Gasteiger charge is -2.70. The monoisotopic (exact) mass is 382 g/mol. The molecule has 4 fully saturated rings. The van der Waals surface area contributed by atoms with Crippen LogP contribution in [0.25, 0.3) is 0 Å². The summed E-state index contributed by atoms with van der Waals surface area (Å²) in [6.07, 6.45) is -2.15. The molecule has 4 aliphatic rings. The van der Waals surface area contributed by atoms with Crippen molar-refractivity contribution in [2.45, 2.75) is 76.5 Å². The number of carbonyl (C=O) groups is 2. The minimum absolute atomic E-state index is 0.132. The third kappa shape index (κ3) is 2.06. The van der Waals surface area contributed by atoms with E-state index in [1.54, 1.807) is 13.8 Å². The first kappa shape index (κ1) is 19.3. The Morgan fingerprint density at radius 1 is 1.19 bits per heavy atom. The quantitative estimate of drug-likeness (QED) is 0.564. The van der Waals surface area contributed by atoms with Crippen LogP contribution in [0.1, 0.15) is 46.5 Å². The van der Waals surface area contributed by atoms with Gasteiger partial charge in [0.05, 0.1) is 24.2 Å². The molecule has 3 saturated carbocycles. The summed E-state index contributed by atoms with van der Waals surface area (Å²) in [5.41, 5.74) is -3.49. The van der Waals surface area contributed by atoms with E-state index in [0.717, 1.165) is 0 Å². The minimum Gasteiger partial charge on any atom is -0.462 e. The molecule has 0 unspecified atom stereocenters. The van der Waals surface area contributed by atoms with Crippen molar-refractivity contribution in [1.82, 2.24) is 0 Å². The van der Waals surface area contributed by atoms with Crippen molar-refractivity contribution in [3.8, 4) is 0 Å². The minimum atomic E-state index is -1.46. The van der Waals surface area contributed by atoms with Gasteiger partial charge in [-0.25, -0.2) is 0 Å². The predicted octanol–water partition coefficient (Wildman–Crippen LogP) is 0.431. The summed E-state index contributed by atoms with van der Waals surface area (Å²) in [6, 6.07) is 0. The second-order valence-electron chi connectivity index (χ2n) is 9.49. The molecule has 1 aliphatic heterocycles. The predicted molar refractivity (Wildman–Crippen MR) is 93.5 cm³/mol. The molecule has 3 N–H and O–H groups in total. The average Bonchev–Trinajstić information content (AvgIpc) is 2.59. The molecular weight excluding hydrogens is 352 g/mol. The molecule has 0 aromatic rings. The molecule has 0 spiro atoms. The summed E-state index contributed by atoms with van der Waals surface area (Å²) in [7, 11) is 1.47. The molecule has 0 aromatic heterocycles. The van der Waals surface area contributed by atoms with E-state index in [4.69, 9.17) is 9.47 Å². The van der Waals surface area contributed by atoms with Crippen LogP contribution in [-0.2, 0) is 19.1 Å². The van der Waals surface area contributed by atoms with Gasteiger partial charge in [0, 0.05) is 29.8 Å². The van der Waals surface area contributed by atoms with Gasteiger partial charge in [0.25, 0.3) is 0 Å². The number of hydrogen-bond donors (Lipinski definition) is 3. The van der Waals surface area contributed by atoms with Gasteiger partial charge in [0.2, 0.25) is 0 Å². The Kier molecular flexibility index (Phi) is 4.11. The molecule has 1 heterocycles. The van der Waals surface area contributed by atoms with Crippen LogP contribution in [0.15, 0.2) is 0 Å². The standard InChI is InChI=1S/C20H30O7/c1-9-15(26-4)14(23)16-18(2)10(5-6-11(21)17(18)24)7-12-19(16,3)20(9,25)8-13(22)27-12/h9-12,14-16,21,23,25H,5-8H2,1-4H3/t9-,10+,11-,12+,14+,15-,16+,18-,19+,20+/m0/s1. The maximum absolute atomic E-state index is 13.2. The Morgan fingerprint density at radius 2 is 1.85 bits per heavy atom. The van der Waals surface area contributed by atoms with Gasteiger partial charge in [-0.2, -0.15) is 0 Å². The molecule has 4 rings (SSSR count). The van der Waals surface area contributed by atoms with Gasteiger partial charge in [-0.15, -0.1) is 0 Å². The van der Waals surface area contributed by atoms with Crippen LogP contribution in [0.4, 0.5) is 0 Å². The third-order valence-electron chi connectivity index (χ3n) is 8.75. The molecule has 1 saturated heterocycles. The van der Waals surface area contributed by atoms with Crippen molar-refractivity contribution in [2.75, 3.05) is 7.11 Å². The Bertz CT molecular complexity index is 679. The molecule has 27 heavy (non-hydrogen) atoms. The van der Waals surface area contributed by atoms with Gasteiger partial charge in [-0.3, -0.25) is 9.59 Å². The highest BCUT2D eigenvalue weighted by atomic mass is 16.6. The molecule has 0 amide bonds. The number of methoxy groups -OCH3 is 1. The van der Waals surface area contributed by atoms with Gasteiger partial charge in [-0.05, 0) is 25.2 Å². The van der Waals surface area contributed by atoms with E-state index in [2.05, 4.69) is 0 Å². The van der Waals surface area contributed by atoms with Gasteiger partial charge in [-0.1, -0.05) is 20.8 Å². The van der Waals surface area contributed by atoms with E-state index in [-0.39, 0.29) is 18.1 Å². The maximum atomic E-state index is 13.2. The van der Waals surface area contributed by atoms with E-state index < -0.39 is 58.7 Å². The van der Waals surface area contributed by atoms with Crippen LogP contribution in [0, 0.1) is 28.6 Å². The summed E-state index contributed by atoms with van der Waals surface area (Å²) in [5.74, 6) is -2.07. The first-order chi connectivity index (χ1) is 12.5. The number of fused-ring (bicyclic) bond motifs is 2. The number of rotatable bonds is 1. The van der Waals surface area contributed by atoms with Crippen LogP contribution < -0.4 is 0 Å². The Labute approximate surface area is 159 Å². The summed E-state index contributed by atoms with van der Waals surface area (Å²) >= 11 is 0. The average molecular weight is 382 g/mol. The summed E-state index contributed by atoms with van der Waals surface area (Å²) in [5, 5.41) is 33.5. The molecule has 10 atom stereocenters. The second kappa shape index (κ2) is 5.75. The lowest BCUT2D eigenvalue weighted by atomic mass is 9.37. The largest absolute Gasteiger partial charge is 0.462 e. The van der Waals surface area contributed by atoms with Crippen molar-refractivity contribution in [2.24, 2.45) is 28.6 Å². The van der Waals surface area contributed by atoms with E-state index in [9.17, 15) is 24.9 Å². The van der Waals surface area contributed by atoms with Crippen LogP contribution in [-0.4, -0.2) is 64.2 Å². The fourth-order valence-electron chi connectivity index (χ4n) is 7.24. The van der Waals surface area contributed by atoms with Gasteiger partial charge >= 0.3 is 5.97 Å². The number of hydrogen-bond acceptors (Lipinski definition) is 7. The van der Waals surface area contributed by atoms with Crippen LogP contribution in [0.3, 0.4) is 0 Å². The normalized spacial score (nSPS) is 57.5. The molecule has 7 heteroatoms. The van der Waals surface area contributed by atoms with Crippen molar-refractivity contribution in [1.29, 1.82) is 0 Å². The number of aliphatic hydroxyl groups is 3. The van der Waals surface area contributed by atoms with Crippen LogP contribution >= 0.6 is 0 Å². The van der Waals surface area contributed by atoms with E-state index in [1.807, 2.05) is 6.92 Å². The molecule has 0 bridgehead atoms. The number of esters is 1. The van der Waals surface area contributed by atoms with E-state index >= 15 is 0 Å². The number of ketones is 1. The van der Waals surface area contributed by atoms with Crippen LogP contribution in [0.5, 0.6) is 0 Å². The third-order valence-corrected chi connectivity index (χ3v) is 8.75. The highest BCUT2D eigenvalue weighted by Gasteiger charge is 2.77. The fourth-order valence-corrected chi connectivity index (χ4v) is 7.24. The topological polar surface area (TPSA) is 113 Å². The summed E-state index contributed by atoms with van der Waals surface area (Å²) in [4.78, 5) is 25.5. The highest BCUT2D eigenvalue weighted by Crippen LogP contribution is 2.68. The molecule has 0 radical (unpaired) electrons. The lowest BCUT2D eigenvalue weighted by Crippen LogP contribution is -2.80. The van der Waals surface area contributed by atoms with Crippen LogP contribution in [0.2, 0.25) is 0 Å². The summed E-state index contributed by atoms with van der Waals surface area (Å²) < 4.78 is 11.2. The fraction of sp³-hybridized carbons (Fsp3) is 0.900. The Balaban J connectivity index is 1.94. The zero-order chi connectivity index (χ0) is 19.9. The Morgan fingerprint density at radius 3 is 2.48 bits per heavy atom. The number of Topliss-reactive ketones (excluding diaryl/α,β-unsaturated/α-hetero) is 1. The number of aliphatic hydroxyl groups excluding tert-OH is 2. The SMILES string of the molecule is CO[C@@H]1[C@@H](O)[C@@H]2[C@@]3(C)C(=O)[C@@H](O)CC[C@@H]3C[C@H]3OC(=O)C[C@@](O)([C@H]1C)[C@@]23C. The highest BCUT2D eigenvalue weighted by molar-refractivity contribution is 5.90. The maximum Gasteiger partial charge on any atom is 0.309 e. The lowest BCUT2D eigenvalue weighted by molar-refractivity contribution is -0.331. The van der Waals surface area contributed by atoms with E-state index in [1.165, 1.54) is 7.11 Å². The van der Waals surface area contributed by atoms with E-state index in [0.29, 0.717) is 19.3 Å². The first-order valence-corrected chi connectivity index (χ1v) is 9.88. The zero-order valence-electron chi connectivity index (χ0n) is 16.3. The zero-order valence-corrected chi connectivity index (χ0v) is 16.3. The molecular formula is C20H30O7. The van der Waals surface area contributed by atoms with Gasteiger partial charge in [0.15, 0.2) is 5.78 Å². The Hall–Kier alpha value is -1.02.